The summed E-state index contributed by atoms with van der Waals surface area (Å²) in [6.45, 7) is 28.9. The van der Waals surface area contributed by atoms with Crippen LogP contribution in [-0.2, 0) is 33.3 Å². The van der Waals surface area contributed by atoms with Gasteiger partial charge in [-0.2, -0.15) is 0 Å². The van der Waals surface area contributed by atoms with Crippen molar-refractivity contribution < 1.29 is 37.4 Å². The van der Waals surface area contributed by atoms with Gasteiger partial charge in [0, 0.05) is 16.6 Å². The van der Waals surface area contributed by atoms with Gasteiger partial charge in [0.25, 0.3) is 0 Å². The van der Waals surface area contributed by atoms with Gasteiger partial charge in [-0.25, -0.2) is 9.59 Å². The van der Waals surface area contributed by atoms with E-state index in [4.69, 9.17) is 27.8 Å². The summed E-state index contributed by atoms with van der Waals surface area (Å²) < 4.78 is 36.7. The summed E-state index contributed by atoms with van der Waals surface area (Å²) in [5.41, 5.74) is 2.70. The topological polar surface area (TPSA) is 89.5 Å². The molecule has 0 bridgehead atoms. The fourth-order valence-electron chi connectivity index (χ4n) is 6.00. The lowest BCUT2D eigenvalue weighted by Crippen LogP contribution is -2.44. The number of hydrogen-bond acceptors (Lipinski definition) is 8. The second-order valence-corrected chi connectivity index (χ2v) is 23.5. The van der Waals surface area contributed by atoms with E-state index in [1.165, 1.54) is 0 Å². The van der Waals surface area contributed by atoms with E-state index in [1.54, 1.807) is 13.8 Å². The fraction of sp³-hybridized carbons (Fsp3) is 0.561. The molecule has 0 N–H and O–H groups in total. The fourth-order valence-corrected chi connectivity index (χ4v) is 11.7. The van der Waals surface area contributed by atoms with Crippen molar-refractivity contribution in [1.82, 2.24) is 0 Å². The van der Waals surface area contributed by atoms with Gasteiger partial charge in [0.05, 0.1) is 0 Å². The van der Waals surface area contributed by atoms with Crippen LogP contribution in [0, 0.1) is 0 Å². The first-order valence-electron chi connectivity index (χ1n) is 18.6. The first kappa shape index (κ1) is 44.0. The third-order valence-corrected chi connectivity index (χ3v) is 19.6. The van der Waals surface area contributed by atoms with Crippen molar-refractivity contribution in [2.45, 2.75) is 123 Å². The Morgan fingerprint density at radius 2 is 0.863 bits per heavy atom. The van der Waals surface area contributed by atoms with Crippen LogP contribution >= 0.6 is 0 Å². The monoisotopic (exact) mass is 740 g/mol. The van der Waals surface area contributed by atoms with Crippen LogP contribution in [0.3, 0.4) is 0 Å². The van der Waals surface area contributed by atoms with Crippen LogP contribution in [0.15, 0.2) is 72.8 Å². The number of esters is 2. The van der Waals surface area contributed by atoms with Crippen molar-refractivity contribution in [3.63, 3.8) is 0 Å². The number of rotatable bonds is 24. The zero-order chi connectivity index (χ0) is 38.2. The van der Waals surface area contributed by atoms with Gasteiger partial charge in [-0.3, -0.25) is 0 Å². The second kappa shape index (κ2) is 20.7. The lowest BCUT2D eigenvalue weighted by atomic mass is 9.78. The van der Waals surface area contributed by atoms with Gasteiger partial charge in [-0.15, -0.1) is 0 Å². The second-order valence-electron chi connectivity index (χ2n) is 14.0. The van der Waals surface area contributed by atoms with Crippen molar-refractivity contribution >= 4 is 28.6 Å². The summed E-state index contributed by atoms with van der Waals surface area (Å²) in [5, 5.41) is 0. The minimum atomic E-state index is -1.96. The molecular weight excluding hydrogens is 677 g/mol. The van der Waals surface area contributed by atoms with Crippen LogP contribution in [0.2, 0.25) is 36.3 Å². The molecule has 0 aliphatic heterocycles. The first-order valence-corrected chi connectivity index (χ1v) is 23.7. The molecule has 10 heteroatoms. The van der Waals surface area contributed by atoms with Gasteiger partial charge in [-0.05, 0) is 85.5 Å². The molecular formula is C41H64O8Si2. The van der Waals surface area contributed by atoms with E-state index >= 15 is 0 Å². The third kappa shape index (κ3) is 13.1. The third-order valence-electron chi connectivity index (χ3n) is 10.2. The Kier molecular flexibility index (Phi) is 17.9. The zero-order valence-corrected chi connectivity index (χ0v) is 35.0. The van der Waals surface area contributed by atoms with E-state index < -0.39 is 28.6 Å². The number of carbonyl (C=O) groups excluding carboxylic acids is 2. The van der Waals surface area contributed by atoms with Gasteiger partial charge in [0.1, 0.15) is 50.1 Å². The predicted octanol–water partition coefficient (Wildman–Crippen LogP) is 9.79. The van der Waals surface area contributed by atoms with Crippen LogP contribution in [0.4, 0.5) is 0 Å². The molecule has 0 spiro atoms. The summed E-state index contributed by atoms with van der Waals surface area (Å²) in [7, 11) is -3.92. The first-order chi connectivity index (χ1) is 24.1. The number of carbonyl (C=O) groups is 2. The van der Waals surface area contributed by atoms with Crippen molar-refractivity contribution in [1.29, 1.82) is 0 Å². The van der Waals surface area contributed by atoms with Crippen molar-refractivity contribution in [2.24, 2.45) is 0 Å². The zero-order valence-electron chi connectivity index (χ0n) is 33.0. The molecule has 0 aromatic heterocycles. The van der Waals surface area contributed by atoms with Crippen LogP contribution in [-0.4, -0.2) is 67.2 Å². The Bertz CT molecular complexity index is 1270. The van der Waals surface area contributed by atoms with Crippen LogP contribution in [0.5, 0.6) is 11.5 Å². The van der Waals surface area contributed by atoms with Gasteiger partial charge in [0.15, 0.2) is 16.6 Å². The average Bonchev–Trinajstić information content (AvgIpc) is 3.14. The van der Waals surface area contributed by atoms with Crippen molar-refractivity contribution in [3.05, 3.63) is 84.0 Å². The van der Waals surface area contributed by atoms with E-state index in [1.807, 2.05) is 24.3 Å². The Morgan fingerprint density at radius 1 is 0.569 bits per heavy atom. The van der Waals surface area contributed by atoms with E-state index in [2.05, 4.69) is 92.8 Å². The summed E-state index contributed by atoms with van der Waals surface area (Å²) in [6, 6.07) is 22.2. The predicted molar refractivity (Wildman–Crippen MR) is 212 cm³/mol. The van der Waals surface area contributed by atoms with Crippen LogP contribution in [0.1, 0.15) is 80.4 Å². The van der Waals surface area contributed by atoms with E-state index in [0.717, 1.165) is 58.9 Å². The summed E-state index contributed by atoms with van der Waals surface area (Å²) >= 11 is 0. The normalized spacial score (nSPS) is 13.2. The highest BCUT2D eigenvalue weighted by Gasteiger charge is 2.34. The largest absolute Gasteiger partial charge is 0.491 e. The maximum atomic E-state index is 12.1. The van der Waals surface area contributed by atoms with Gasteiger partial charge >= 0.3 is 11.9 Å². The molecule has 0 saturated carbocycles. The number of benzene rings is 2. The Balaban J connectivity index is 2.12. The molecule has 0 aliphatic carbocycles. The molecule has 0 saturated heterocycles. The smallest absolute Gasteiger partial charge is 0.333 e. The van der Waals surface area contributed by atoms with Gasteiger partial charge < -0.3 is 27.8 Å². The molecule has 2 rings (SSSR count). The van der Waals surface area contributed by atoms with E-state index in [9.17, 15) is 9.59 Å². The standard InChI is InChI=1S/C41H64O8Si2/c1-13-50(14-2,15-3)48-37(29-46-39(42)31(7)8)27-44-35-23-19-33(20-24-35)41(11,12)34-21-25-36(26-22-34)45-28-38(30-47-40(43)32(9)10)49-51(16-4,17-5)18-6/h19-26,37-38H,7,9,13-18,27-30H2,1-6,8,10-12H3. The highest BCUT2D eigenvalue weighted by molar-refractivity contribution is 6.74. The summed E-state index contributed by atoms with van der Waals surface area (Å²) in [4.78, 5) is 24.3. The Morgan fingerprint density at radius 3 is 1.12 bits per heavy atom. The molecule has 8 nitrogen and oxygen atoms in total. The molecule has 0 radical (unpaired) electrons. The maximum absolute atomic E-state index is 12.1. The van der Waals surface area contributed by atoms with Crippen molar-refractivity contribution in [2.75, 3.05) is 26.4 Å². The average molecular weight is 741 g/mol. The molecule has 0 amide bonds. The molecule has 0 aliphatic rings. The lowest BCUT2D eigenvalue weighted by Gasteiger charge is -2.33. The lowest BCUT2D eigenvalue weighted by molar-refractivity contribution is -0.142. The van der Waals surface area contributed by atoms with Crippen molar-refractivity contribution in [3.8, 4) is 11.5 Å². The van der Waals surface area contributed by atoms with Gasteiger partial charge in [0.2, 0.25) is 0 Å². The molecule has 284 valence electrons. The maximum Gasteiger partial charge on any atom is 0.333 e. The molecule has 51 heavy (non-hydrogen) atoms. The summed E-state index contributed by atoms with van der Waals surface area (Å²) in [5.74, 6) is 0.605. The summed E-state index contributed by atoms with van der Waals surface area (Å²) in [6.07, 6.45) is -0.723. The SMILES string of the molecule is C=C(C)C(=O)OCC(COc1ccc(C(C)(C)c2ccc(OCC(COC(=O)C(=C)C)O[Si](CC)(CC)CC)cc2)cc1)O[Si](CC)(CC)CC. The van der Waals surface area contributed by atoms with E-state index in [0.29, 0.717) is 11.1 Å². The minimum Gasteiger partial charge on any atom is -0.491 e. The Hall–Kier alpha value is -3.19. The van der Waals surface area contributed by atoms with Gasteiger partial charge in [-0.1, -0.05) is 92.8 Å². The van der Waals surface area contributed by atoms with E-state index in [-0.39, 0.29) is 44.1 Å². The molecule has 0 fully saturated rings. The highest BCUT2D eigenvalue weighted by atomic mass is 28.4. The molecule has 0 heterocycles. The Labute approximate surface area is 310 Å². The van der Waals surface area contributed by atoms with Crippen LogP contribution < -0.4 is 9.47 Å². The molecule has 2 aromatic rings. The minimum absolute atomic E-state index is 0.125. The molecule has 2 atom stereocenters. The highest BCUT2D eigenvalue weighted by Crippen LogP contribution is 2.34. The molecule has 2 aromatic carbocycles. The number of hydrogen-bond donors (Lipinski definition) is 0. The number of ether oxygens (including phenoxy) is 4. The van der Waals surface area contributed by atoms with Crippen LogP contribution in [0.25, 0.3) is 0 Å². The molecule has 2 unspecified atom stereocenters. The quantitative estimate of drug-likeness (QED) is 0.0597.